The van der Waals surface area contributed by atoms with Gasteiger partial charge >= 0.3 is 11.9 Å². The molecule has 0 spiro atoms. The Morgan fingerprint density at radius 2 is 1.75 bits per heavy atom. The number of carbonyl (C=O) groups is 2. The Morgan fingerprint density at radius 3 is 2.50 bits per heavy atom. The predicted molar refractivity (Wildman–Crippen MR) is 89.3 cm³/mol. The minimum atomic E-state index is -0.546. The van der Waals surface area contributed by atoms with Crippen LogP contribution in [0.15, 0.2) is 48.5 Å². The van der Waals surface area contributed by atoms with E-state index in [1.165, 1.54) is 6.07 Å². The van der Waals surface area contributed by atoms with Crippen molar-refractivity contribution in [2.75, 3.05) is 13.2 Å². The van der Waals surface area contributed by atoms with E-state index in [4.69, 9.17) is 14.2 Å². The van der Waals surface area contributed by atoms with Gasteiger partial charge in [-0.15, -0.1) is 0 Å². The molecule has 126 valence electrons. The van der Waals surface area contributed by atoms with Crippen LogP contribution in [0, 0.1) is 6.92 Å². The lowest BCUT2D eigenvalue weighted by molar-refractivity contribution is -0.136. The number of esters is 2. The lowest BCUT2D eigenvalue weighted by atomic mass is 10.2. The summed E-state index contributed by atoms with van der Waals surface area (Å²) >= 11 is 0. The van der Waals surface area contributed by atoms with Crippen molar-refractivity contribution < 1.29 is 23.8 Å². The largest absolute Gasteiger partial charge is 0.482 e. The maximum Gasteiger partial charge on any atom is 0.349 e. The maximum atomic E-state index is 11.9. The number of aryl methyl sites for hydroxylation is 1. The summed E-state index contributed by atoms with van der Waals surface area (Å²) in [6.07, 6.45) is 0.747. The molecule has 0 aromatic heterocycles. The second kappa shape index (κ2) is 8.72. The summed E-state index contributed by atoms with van der Waals surface area (Å²) in [6, 6.07) is 13.7. The first kappa shape index (κ1) is 17.5. The zero-order valence-electron chi connectivity index (χ0n) is 13.8. The molecular weight excluding hydrogens is 308 g/mol. The fourth-order valence-corrected chi connectivity index (χ4v) is 1.97. The zero-order chi connectivity index (χ0) is 17.4. The fourth-order valence-electron chi connectivity index (χ4n) is 1.97. The van der Waals surface area contributed by atoms with E-state index in [1.807, 2.05) is 32.0 Å². The van der Waals surface area contributed by atoms with Crippen molar-refractivity contribution in [1.29, 1.82) is 0 Å². The van der Waals surface area contributed by atoms with E-state index >= 15 is 0 Å². The molecule has 0 aliphatic heterocycles. The summed E-state index contributed by atoms with van der Waals surface area (Å²) in [6.45, 7) is 4.00. The van der Waals surface area contributed by atoms with Gasteiger partial charge in [0.15, 0.2) is 6.61 Å². The van der Waals surface area contributed by atoms with Crippen LogP contribution in [0.1, 0.15) is 29.3 Å². The molecule has 0 radical (unpaired) electrons. The molecular formula is C19H20O5. The van der Waals surface area contributed by atoms with Crippen LogP contribution in [0.25, 0.3) is 0 Å². The monoisotopic (exact) mass is 328 g/mol. The molecule has 2 aromatic rings. The molecule has 2 aromatic carbocycles. The first-order chi connectivity index (χ1) is 11.6. The van der Waals surface area contributed by atoms with Gasteiger partial charge in [0.2, 0.25) is 0 Å². The molecule has 0 N–H and O–H groups in total. The molecule has 0 atom stereocenters. The summed E-state index contributed by atoms with van der Waals surface area (Å²) in [5.74, 6) is -0.107. The van der Waals surface area contributed by atoms with Gasteiger partial charge in [-0.25, -0.2) is 9.59 Å². The Balaban J connectivity index is 1.90. The van der Waals surface area contributed by atoms with Crippen LogP contribution < -0.4 is 9.47 Å². The highest BCUT2D eigenvalue weighted by Gasteiger charge is 2.11. The molecule has 5 heteroatoms. The van der Waals surface area contributed by atoms with Crippen molar-refractivity contribution in [2.45, 2.75) is 20.3 Å². The van der Waals surface area contributed by atoms with Crippen LogP contribution >= 0.6 is 0 Å². The summed E-state index contributed by atoms with van der Waals surface area (Å²) in [4.78, 5) is 23.7. The Morgan fingerprint density at radius 1 is 1.00 bits per heavy atom. The van der Waals surface area contributed by atoms with Gasteiger partial charge in [0.05, 0.1) is 12.2 Å². The van der Waals surface area contributed by atoms with Crippen molar-refractivity contribution in [3.05, 3.63) is 59.7 Å². The Hall–Kier alpha value is -2.82. The SMILES string of the molecule is CCCOC(=O)c1cccc(OC(=O)COc2cccc(C)c2)c1. The third kappa shape index (κ3) is 5.43. The number of ether oxygens (including phenoxy) is 3. The maximum absolute atomic E-state index is 11.9. The van der Waals surface area contributed by atoms with E-state index < -0.39 is 11.9 Å². The molecule has 0 fully saturated rings. The van der Waals surface area contributed by atoms with E-state index in [0.717, 1.165) is 12.0 Å². The number of hydrogen-bond acceptors (Lipinski definition) is 5. The van der Waals surface area contributed by atoms with Crippen LogP contribution in [0.3, 0.4) is 0 Å². The first-order valence-corrected chi connectivity index (χ1v) is 7.76. The lowest BCUT2D eigenvalue weighted by Crippen LogP contribution is -2.18. The normalized spacial score (nSPS) is 10.1. The highest BCUT2D eigenvalue weighted by Crippen LogP contribution is 2.16. The van der Waals surface area contributed by atoms with Gasteiger partial charge < -0.3 is 14.2 Å². The number of carbonyl (C=O) groups excluding carboxylic acids is 2. The molecule has 2 rings (SSSR count). The van der Waals surface area contributed by atoms with E-state index in [0.29, 0.717) is 17.9 Å². The third-order valence-electron chi connectivity index (χ3n) is 3.08. The number of benzene rings is 2. The minimum Gasteiger partial charge on any atom is -0.482 e. The Bertz CT molecular complexity index is 708. The average Bonchev–Trinajstić information content (AvgIpc) is 2.58. The van der Waals surface area contributed by atoms with Crippen LogP contribution in [0.4, 0.5) is 0 Å². The van der Waals surface area contributed by atoms with Gasteiger partial charge in [0.1, 0.15) is 11.5 Å². The summed E-state index contributed by atoms with van der Waals surface area (Å²) in [7, 11) is 0. The summed E-state index contributed by atoms with van der Waals surface area (Å²) in [5, 5.41) is 0. The minimum absolute atomic E-state index is 0.214. The Kier molecular flexibility index (Phi) is 6.37. The van der Waals surface area contributed by atoms with Gasteiger partial charge in [-0.05, 0) is 49.2 Å². The predicted octanol–water partition coefficient (Wildman–Crippen LogP) is 3.55. The molecule has 0 aliphatic rings. The smallest absolute Gasteiger partial charge is 0.349 e. The van der Waals surface area contributed by atoms with Gasteiger partial charge in [0, 0.05) is 0 Å². The summed E-state index contributed by atoms with van der Waals surface area (Å²) < 4.78 is 15.6. The van der Waals surface area contributed by atoms with Gasteiger partial charge in [-0.3, -0.25) is 0 Å². The van der Waals surface area contributed by atoms with Crippen molar-refractivity contribution in [3.8, 4) is 11.5 Å². The van der Waals surface area contributed by atoms with Crippen molar-refractivity contribution >= 4 is 11.9 Å². The molecule has 0 saturated heterocycles. The van der Waals surface area contributed by atoms with E-state index in [9.17, 15) is 9.59 Å². The molecule has 0 saturated carbocycles. The van der Waals surface area contributed by atoms with Gasteiger partial charge in [-0.1, -0.05) is 25.1 Å². The molecule has 0 aliphatic carbocycles. The molecule has 0 heterocycles. The quantitative estimate of drug-likeness (QED) is 0.574. The fraction of sp³-hybridized carbons (Fsp3) is 0.263. The topological polar surface area (TPSA) is 61.8 Å². The zero-order valence-corrected chi connectivity index (χ0v) is 13.8. The lowest BCUT2D eigenvalue weighted by Gasteiger charge is -2.08. The first-order valence-electron chi connectivity index (χ1n) is 7.76. The number of rotatable bonds is 7. The highest BCUT2D eigenvalue weighted by atomic mass is 16.6. The van der Waals surface area contributed by atoms with E-state index in [1.54, 1.807) is 24.3 Å². The molecule has 0 amide bonds. The second-order valence-corrected chi connectivity index (χ2v) is 5.24. The van der Waals surface area contributed by atoms with Crippen LogP contribution in [-0.2, 0) is 9.53 Å². The molecule has 0 bridgehead atoms. The van der Waals surface area contributed by atoms with Crippen molar-refractivity contribution in [3.63, 3.8) is 0 Å². The molecule has 0 unspecified atom stereocenters. The van der Waals surface area contributed by atoms with Crippen LogP contribution in [0.2, 0.25) is 0 Å². The standard InChI is InChI=1S/C19H20O5/c1-3-10-22-19(21)15-7-5-9-17(12-15)24-18(20)13-23-16-8-4-6-14(2)11-16/h4-9,11-12H,3,10,13H2,1-2H3. The molecule has 5 nitrogen and oxygen atoms in total. The van der Waals surface area contributed by atoms with E-state index in [-0.39, 0.29) is 12.4 Å². The van der Waals surface area contributed by atoms with Gasteiger partial charge in [-0.2, -0.15) is 0 Å². The molecule has 24 heavy (non-hydrogen) atoms. The summed E-state index contributed by atoms with van der Waals surface area (Å²) in [5.41, 5.74) is 1.38. The second-order valence-electron chi connectivity index (χ2n) is 5.24. The van der Waals surface area contributed by atoms with Crippen molar-refractivity contribution in [2.24, 2.45) is 0 Å². The van der Waals surface area contributed by atoms with Gasteiger partial charge in [0.25, 0.3) is 0 Å². The number of hydrogen-bond donors (Lipinski definition) is 0. The van der Waals surface area contributed by atoms with E-state index in [2.05, 4.69) is 0 Å². The van der Waals surface area contributed by atoms with Crippen LogP contribution in [-0.4, -0.2) is 25.2 Å². The third-order valence-corrected chi connectivity index (χ3v) is 3.08. The highest BCUT2D eigenvalue weighted by molar-refractivity contribution is 5.90. The van der Waals surface area contributed by atoms with Crippen molar-refractivity contribution in [1.82, 2.24) is 0 Å². The Labute approximate surface area is 141 Å². The van der Waals surface area contributed by atoms with Crippen LogP contribution in [0.5, 0.6) is 11.5 Å². The average molecular weight is 328 g/mol.